The average Bonchev–Trinajstić information content (AvgIpc) is 2.63. The predicted octanol–water partition coefficient (Wildman–Crippen LogP) is 3.32. The number of aliphatic carboxylic acids is 1. The van der Waals surface area contributed by atoms with Gasteiger partial charge in [0.25, 0.3) is 0 Å². The van der Waals surface area contributed by atoms with E-state index in [4.69, 9.17) is 20.3 Å². The lowest BCUT2D eigenvalue weighted by Crippen LogP contribution is -2.32. The van der Waals surface area contributed by atoms with Crippen LogP contribution in [-0.2, 0) is 20.8 Å². The second-order valence-electron chi connectivity index (χ2n) is 7.15. The molecule has 0 amide bonds. The maximum absolute atomic E-state index is 12.3. The maximum Gasteiger partial charge on any atom is 0.320 e. The molecule has 156 valence electrons. The molecule has 0 aromatic heterocycles. The standard InChI is InChI=1S/C21H31NO6/c1-5-7-13(3)20(25)27-17-10-9-15(11-16(22)19(23)24)12-18(17)28-21(26)14(4)8-6-2/h9-10,12-14,16H,5-8,11,22H2,1-4H3,(H,23,24)/t13?,14?,16-/m0/s1. The van der Waals surface area contributed by atoms with E-state index in [1.165, 1.54) is 12.1 Å². The SMILES string of the molecule is CCCC(C)C(=O)Oc1ccc(C[C@H](N)C(=O)O)cc1OC(=O)C(C)CCC. The van der Waals surface area contributed by atoms with Gasteiger partial charge in [0.1, 0.15) is 6.04 Å². The number of nitrogens with two attached hydrogens (primary N) is 1. The lowest BCUT2D eigenvalue weighted by atomic mass is 10.0. The van der Waals surface area contributed by atoms with Crippen molar-refractivity contribution in [3.63, 3.8) is 0 Å². The predicted molar refractivity (Wildman–Crippen MR) is 105 cm³/mol. The van der Waals surface area contributed by atoms with Gasteiger partial charge in [-0.25, -0.2) is 0 Å². The molecule has 0 spiro atoms. The number of carbonyl (C=O) groups is 3. The van der Waals surface area contributed by atoms with Crippen molar-refractivity contribution in [2.45, 2.75) is 65.8 Å². The summed E-state index contributed by atoms with van der Waals surface area (Å²) in [6.45, 7) is 7.50. The molecule has 3 atom stereocenters. The summed E-state index contributed by atoms with van der Waals surface area (Å²) in [6.07, 6.45) is 3.10. The van der Waals surface area contributed by atoms with Gasteiger partial charge in [-0.1, -0.05) is 46.6 Å². The van der Waals surface area contributed by atoms with Crippen molar-refractivity contribution in [3.8, 4) is 11.5 Å². The van der Waals surface area contributed by atoms with Gasteiger partial charge in [0.05, 0.1) is 11.8 Å². The third-order valence-electron chi connectivity index (χ3n) is 4.45. The largest absolute Gasteiger partial charge is 0.480 e. The number of carboxylic acids is 1. The van der Waals surface area contributed by atoms with Crippen LogP contribution >= 0.6 is 0 Å². The normalized spacial score (nSPS) is 14.0. The first-order valence-electron chi connectivity index (χ1n) is 9.74. The quantitative estimate of drug-likeness (QED) is 0.437. The van der Waals surface area contributed by atoms with E-state index in [1.54, 1.807) is 19.9 Å². The highest BCUT2D eigenvalue weighted by Gasteiger charge is 2.22. The molecule has 0 aliphatic rings. The van der Waals surface area contributed by atoms with E-state index in [9.17, 15) is 14.4 Å². The summed E-state index contributed by atoms with van der Waals surface area (Å²) in [5, 5.41) is 9.00. The van der Waals surface area contributed by atoms with E-state index in [0.29, 0.717) is 18.4 Å². The molecule has 0 aliphatic carbocycles. The molecule has 0 fully saturated rings. The topological polar surface area (TPSA) is 116 Å². The molecule has 0 bridgehead atoms. The van der Waals surface area contributed by atoms with Gasteiger partial charge in [-0.2, -0.15) is 0 Å². The Kier molecular flexibility index (Phi) is 9.65. The van der Waals surface area contributed by atoms with Crippen LogP contribution in [0.3, 0.4) is 0 Å². The van der Waals surface area contributed by atoms with Crippen LogP contribution in [0.1, 0.15) is 58.9 Å². The van der Waals surface area contributed by atoms with Crippen molar-refractivity contribution in [2.24, 2.45) is 17.6 Å². The van der Waals surface area contributed by atoms with E-state index >= 15 is 0 Å². The molecule has 7 heteroatoms. The van der Waals surface area contributed by atoms with E-state index in [1.807, 2.05) is 13.8 Å². The van der Waals surface area contributed by atoms with Crippen molar-refractivity contribution >= 4 is 17.9 Å². The Bertz CT molecular complexity index is 687. The van der Waals surface area contributed by atoms with E-state index in [-0.39, 0.29) is 29.8 Å². The Hall–Kier alpha value is -2.41. The van der Waals surface area contributed by atoms with E-state index in [2.05, 4.69) is 0 Å². The number of carboxylic acid groups (broad SMARTS) is 1. The van der Waals surface area contributed by atoms with Gasteiger partial charge in [0, 0.05) is 0 Å². The van der Waals surface area contributed by atoms with Gasteiger partial charge in [0.15, 0.2) is 11.5 Å². The summed E-state index contributed by atoms with van der Waals surface area (Å²) in [7, 11) is 0. The molecule has 0 saturated carbocycles. The highest BCUT2D eigenvalue weighted by Crippen LogP contribution is 2.31. The fraction of sp³-hybridized carbons (Fsp3) is 0.571. The Labute approximate surface area is 166 Å². The third-order valence-corrected chi connectivity index (χ3v) is 4.45. The lowest BCUT2D eigenvalue weighted by molar-refractivity contribution is -0.141. The molecule has 7 nitrogen and oxygen atoms in total. The minimum absolute atomic E-state index is 0.0604. The van der Waals surface area contributed by atoms with Crippen LogP contribution in [0.15, 0.2) is 18.2 Å². The highest BCUT2D eigenvalue weighted by molar-refractivity contribution is 5.78. The van der Waals surface area contributed by atoms with Gasteiger partial charge in [-0.15, -0.1) is 0 Å². The summed E-state index contributed by atoms with van der Waals surface area (Å²) in [6, 6.07) is 3.54. The first kappa shape index (κ1) is 23.6. The van der Waals surface area contributed by atoms with Crippen molar-refractivity contribution in [2.75, 3.05) is 0 Å². The molecule has 1 aromatic rings. The molecule has 2 unspecified atom stereocenters. The van der Waals surface area contributed by atoms with Crippen molar-refractivity contribution in [1.29, 1.82) is 0 Å². The molecule has 0 heterocycles. The third kappa shape index (κ3) is 7.31. The Balaban J connectivity index is 3.10. The molecular formula is C21H31NO6. The summed E-state index contributed by atoms with van der Waals surface area (Å²) < 4.78 is 10.9. The van der Waals surface area contributed by atoms with E-state index in [0.717, 1.165) is 12.8 Å². The van der Waals surface area contributed by atoms with Crippen LogP contribution in [0.25, 0.3) is 0 Å². The highest BCUT2D eigenvalue weighted by atomic mass is 16.6. The van der Waals surface area contributed by atoms with Crippen LogP contribution in [0, 0.1) is 11.8 Å². The molecule has 0 radical (unpaired) electrons. The second-order valence-corrected chi connectivity index (χ2v) is 7.15. The fourth-order valence-corrected chi connectivity index (χ4v) is 2.70. The van der Waals surface area contributed by atoms with Crippen molar-refractivity contribution in [1.82, 2.24) is 0 Å². The zero-order valence-corrected chi connectivity index (χ0v) is 17.1. The second kappa shape index (κ2) is 11.4. The van der Waals surface area contributed by atoms with Crippen molar-refractivity contribution < 1.29 is 29.0 Å². The maximum atomic E-state index is 12.3. The molecule has 1 aromatic carbocycles. The van der Waals surface area contributed by atoms with Crippen LogP contribution in [-0.4, -0.2) is 29.1 Å². The zero-order chi connectivity index (χ0) is 21.3. The number of carbonyl (C=O) groups excluding carboxylic acids is 2. The number of hydrogen-bond donors (Lipinski definition) is 2. The molecular weight excluding hydrogens is 362 g/mol. The first-order valence-corrected chi connectivity index (χ1v) is 9.74. The smallest absolute Gasteiger partial charge is 0.320 e. The summed E-state index contributed by atoms with van der Waals surface area (Å²) >= 11 is 0. The van der Waals surface area contributed by atoms with Gasteiger partial charge in [-0.3, -0.25) is 14.4 Å². The molecule has 1 rings (SSSR count). The average molecular weight is 393 g/mol. The molecule has 0 aliphatic heterocycles. The Morgan fingerprint density at radius 1 is 0.964 bits per heavy atom. The number of hydrogen-bond acceptors (Lipinski definition) is 6. The number of esters is 2. The van der Waals surface area contributed by atoms with Crippen LogP contribution < -0.4 is 15.2 Å². The van der Waals surface area contributed by atoms with E-state index < -0.39 is 23.9 Å². The Morgan fingerprint density at radius 2 is 1.46 bits per heavy atom. The monoisotopic (exact) mass is 393 g/mol. The van der Waals surface area contributed by atoms with Gasteiger partial charge in [0.2, 0.25) is 0 Å². The van der Waals surface area contributed by atoms with Crippen LogP contribution in [0.4, 0.5) is 0 Å². The van der Waals surface area contributed by atoms with Crippen LogP contribution in [0.2, 0.25) is 0 Å². The number of ether oxygens (including phenoxy) is 2. The fourth-order valence-electron chi connectivity index (χ4n) is 2.70. The summed E-state index contributed by atoms with van der Waals surface area (Å²) in [5.74, 6) is -2.32. The minimum atomic E-state index is -1.13. The minimum Gasteiger partial charge on any atom is -0.480 e. The molecule has 3 N–H and O–H groups in total. The van der Waals surface area contributed by atoms with Crippen molar-refractivity contribution in [3.05, 3.63) is 23.8 Å². The van der Waals surface area contributed by atoms with Gasteiger partial charge >= 0.3 is 17.9 Å². The molecule has 28 heavy (non-hydrogen) atoms. The van der Waals surface area contributed by atoms with Gasteiger partial charge in [-0.05, 0) is 37.0 Å². The van der Waals surface area contributed by atoms with Gasteiger partial charge < -0.3 is 20.3 Å². The number of rotatable bonds is 11. The first-order chi connectivity index (χ1) is 13.2. The summed E-state index contributed by atoms with van der Waals surface area (Å²) in [5.41, 5.74) is 6.16. The number of benzene rings is 1. The summed E-state index contributed by atoms with van der Waals surface area (Å²) in [4.78, 5) is 35.6. The molecule has 0 saturated heterocycles. The van der Waals surface area contributed by atoms with Crippen LogP contribution in [0.5, 0.6) is 11.5 Å². The zero-order valence-electron chi connectivity index (χ0n) is 17.1. The Morgan fingerprint density at radius 3 is 1.93 bits per heavy atom. The lowest BCUT2D eigenvalue weighted by Gasteiger charge is -2.16.